The molecule has 2 heterocycles. The van der Waals surface area contributed by atoms with Crippen molar-refractivity contribution in [1.29, 1.82) is 0 Å². The van der Waals surface area contributed by atoms with Gasteiger partial charge in [-0.3, -0.25) is 28.8 Å². The zero-order valence-corrected chi connectivity index (χ0v) is 32.3. The smallest absolute Gasteiger partial charge is 0.410 e. The first kappa shape index (κ1) is 40.6. The van der Waals surface area contributed by atoms with Crippen molar-refractivity contribution in [2.24, 2.45) is 5.92 Å². The van der Waals surface area contributed by atoms with Crippen LogP contribution in [0.15, 0.2) is 29.8 Å². The summed E-state index contributed by atoms with van der Waals surface area (Å²) < 4.78 is 53.1. The van der Waals surface area contributed by atoms with Crippen molar-refractivity contribution < 1.29 is 51.0 Å². The molecule has 54 heavy (non-hydrogen) atoms. The second kappa shape index (κ2) is 15.7. The van der Waals surface area contributed by atoms with Gasteiger partial charge in [0.05, 0.1) is 18.3 Å². The molecule has 0 aromatic heterocycles. The zero-order chi connectivity index (χ0) is 39.7. The summed E-state index contributed by atoms with van der Waals surface area (Å²) in [5.41, 5.74) is -1.04. The Kier molecular flexibility index (Phi) is 11.8. The number of halogens is 1. The molecule has 5 rings (SSSR count). The third-order valence-electron chi connectivity index (χ3n) is 10.4. The summed E-state index contributed by atoms with van der Waals surface area (Å²) in [7, 11) is -3.94. The van der Waals surface area contributed by atoms with E-state index in [-0.39, 0.29) is 57.0 Å². The Bertz CT molecular complexity index is 1840. The highest BCUT2D eigenvalue weighted by molar-refractivity contribution is 7.91. The molecule has 3 N–H and O–H groups in total. The molecule has 0 radical (unpaired) electrons. The van der Waals surface area contributed by atoms with Crippen molar-refractivity contribution in [3.63, 3.8) is 0 Å². The van der Waals surface area contributed by atoms with Gasteiger partial charge in [0.25, 0.3) is 5.91 Å². The minimum Gasteiger partial charge on any atom is -0.444 e. The van der Waals surface area contributed by atoms with Gasteiger partial charge in [0.1, 0.15) is 35.1 Å². The maximum Gasteiger partial charge on any atom is 0.410 e. The van der Waals surface area contributed by atoms with E-state index in [1.54, 1.807) is 59.8 Å². The van der Waals surface area contributed by atoms with E-state index in [4.69, 9.17) is 9.47 Å². The van der Waals surface area contributed by atoms with Gasteiger partial charge in [-0.25, -0.2) is 22.4 Å². The standard InChI is InChI=1S/C37H50FN5O10S/c1-7-21(3)30(44)15-14-28(39-34(48)53-36(4,5)6)32(46)43-19-24(52-35(49)42-18-22-10-9-11-27(38)26(22)20-42)16-29(43)31(45)40-37(17-23(37)8-2)33(47)41-54(50,51)25-12-13-25/h7,9-11,23-25,28-29H,8,12-20H2,1-6H3,(H,39,48)(H,40,45)(H,41,47)/b21-7+/t23-,24?,28+,29+,37-/m1/s1. The molecule has 1 aromatic rings. The number of fused-ring (bicyclic) bond motifs is 1. The molecule has 296 valence electrons. The Morgan fingerprint density at radius 2 is 1.81 bits per heavy atom. The number of allylic oxidation sites excluding steroid dienone is 2. The van der Waals surface area contributed by atoms with Crippen LogP contribution in [-0.4, -0.2) is 95.0 Å². The minimum atomic E-state index is -3.94. The number of hydrogen-bond acceptors (Lipinski definition) is 10. The summed E-state index contributed by atoms with van der Waals surface area (Å²) in [6, 6.07) is 1.86. The van der Waals surface area contributed by atoms with E-state index in [2.05, 4.69) is 15.4 Å². The van der Waals surface area contributed by atoms with Crippen molar-refractivity contribution in [3.05, 3.63) is 46.8 Å². The number of Topliss-reactive ketones (excluding diaryl/α,β-unsaturated/α-hetero) is 1. The molecular weight excluding hydrogens is 725 g/mol. The van der Waals surface area contributed by atoms with E-state index in [9.17, 15) is 41.6 Å². The molecule has 1 aromatic carbocycles. The molecule has 0 spiro atoms. The minimum absolute atomic E-state index is 0.0402. The Morgan fingerprint density at radius 3 is 2.41 bits per heavy atom. The predicted molar refractivity (Wildman–Crippen MR) is 192 cm³/mol. The van der Waals surface area contributed by atoms with Crippen molar-refractivity contribution in [1.82, 2.24) is 25.2 Å². The van der Waals surface area contributed by atoms with E-state index in [1.165, 1.54) is 11.0 Å². The van der Waals surface area contributed by atoms with Gasteiger partial charge in [0.15, 0.2) is 5.78 Å². The van der Waals surface area contributed by atoms with Crippen molar-refractivity contribution in [3.8, 4) is 0 Å². The van der Waals surface area contributed by atoms with Crippen molar-refractivity contribution in [2.45, 2.75) is 134 Å². The molecule has 5 amide bonds. The number of likely N-dealkylation sites (tertiary alicyclic amines) is 1. The first-order valence-electron chi connectivity index (χ1n) is 18.3. The van der Waals surface area contributed by atoms with Gasteiger partial charge in [-0.05, 0) is 83.4 Å². The molecule has 2 aliphatic carbocycles. The summed E-state index contributed by atoms with van der Waals surface area (Å²) in [5, 5.41) is 4.59. The van der Waals surface area contributed by atoms with E-state index in [1.807, 2.05) is 0 Å². The van der Waals surface area contributed by atoms with Gasteiger partial charge in [-0.2, -0.15) is 0 Å². The molecule has 2 aliphatic heterocycles. The number of rotatable bonds is 13. The fourth-order valence-corrected chi connectivity index (χ4v) is 8.30. The van der Waals surface area contributed by atoms with Crippen LogP contribution < -0.4 is 15.4 Å². The number of ether oxygens (including phenoxy) is 2. The molecule has 5 atom stereocenters. The monoisotopic (exact) mass is 775 g/mol. The number of nitrogens with one attached hydrogen (secondary N) is 3. The van der Waals surface area contributed by atoms with Crippen LogP contribution in [-0.2, 0) is 51.8 Å². The molecular formula is C37H50FN5O10S. The summed E-state index contributed by atoms with van der Waals surface area (Å²) >= 11 is 0. The maximum absolute atomic E-state index is 14.4. The zero-order valence-electron chi connectivity index (χ0n) is 31.5. The Balaban J connectivity index is 1.39. The lowest BCUT2D eigenvalue weighted by molar-refractivity contribution is -0.141. The van der Waals surface area contributed by atoms with Crippen LogP contribution in [0.3, 0.4) is 0 Å². The lowest BCUT2D eigenvalue weighted by Gasteiger charge is -2.30. The Morgan fingerprint density at radius 1 is 1.11 bits per heavy atom. The quantitative estimate of drug-likeness (QED) is 0.250. The van der Waals surface area contributed by atoms with Crippen molar-refractivity contribution >= 4 is 45.7 Å². The predicted octanol–water partition coefficient (Wildman–Crippen LogP) is 3.35. The molecule has 4 aliphatic rings. The van der Waals surface area contributed by atoms with Gasteiger partial charge in [0, 0.05) is 24.9 Å². The Labute approximate surface area is 314 Å². The summed E-state index contributed by atoms with van der Waals surface area (Å²) in [4.78, 5) is 83.6. The largest absolute Gasteiger partial charge is 0.444 e. The van der Waals surface area contributed by atoms with Crippen molar-refractivity contribution in [2.75, 3.05) is 6.54 Å². The number of carbonyl (C=O) groups is 6. The molecule has 0 bridgehead atoms. The van der Waals surface area contributed by atoms with Crippen LogP contribution in [0.4, 0.5) is 14.0 Å². The highest BCUT2D eigenvalue weighted by Gasteiger charge is 2.62. The fraction of sp³-hybridized carbons (Fsp3) is 0.622. The third-order valence-corrected chi connectivity index (χ3v) is 12.2. The number of ketones is 1. The van der Waals surface area contributed by atoms with Crippen LogP contribution in [0.2, 0.25) is 0 Å². The van der Waals surface area contributed by atoms with Crippen LogP contribution in [0.5, 0.6) is 0 Å². The van der Waals surface area contributed by atoms with E-state index in [0.29, 0.717) is 36.0 Å². The van der Waals surface area contributed by atoms with Gasteiger partial charge < -0.3 is 25.0 Å². The number of carbonyl (C=O) groups excluding carboxylic acids is 6. The number of sulfonamides is 1. The van der Waals surface area contributed by atoms with Gasteiger partial charge in [0.2, 0.25) is 21.8 Å². The average molecular weight is 776 g/mol. The highest BCUT2D eigenvalue weighted by Crippen LogP contribution is 2.47. The summed E-state index contributed by atoms with van der Waals surface area (Å²) in [5.74, 6) is -3.52. The van der Waals surface area contributed by atoms with E-state index < -0.39 is 80.3 Å². The van der Waals surface area contributed by atoms with Gasteiger partial charge in [-0.1, -0.05) is 31.6 Å². The van der Waals surface area contributed by atoms with E-state index >= 15 is 0 Å². The highest BCUT2D eigenvalue weighted by atomic mass is 32.2. The third kappa shape index (κ3) is 9.21. The Hall–Kier alpha value is -4.54. The second-order valence-corrected chi connectivity index (χ2v) is 17.5. The fourth-order valence-electron chi connectivity index (χ4n) is 6.94. The first-order valence-corrected chi connectivity index (χ1v) is 19.9. The number of hydrogen-bond donors (Lipinski definition) is 3. The van der Waals surface area contributed by atoms with Crippen LogP contribution in [0, 0.1) is 11.7 Å². The average Bonchev–Trinajstić information content (AvgIpc) is 3.99. The molecule has 15 nitrogen and oxygen atoms in total. The molecule has 1 unspecified atom stereocenters. The van der Waals surface area contributed by atoms with Gasteiger partial charge >= 0.3 is 12.2 Å². The number of benzene rings is 1. The topological polar surface area (TPSA) is 198 Å². The number of amides is 5. The number of alkyl carbamates (subject to hydrolysis) is 1. The molecule has 17 heteroatoms. The lowest BCUT2D eigenvalue weighted by Crippen LogP contribution is -2.58. The normalized spacial score (nSPS) is 24.3. The van der Waals surface area contributed by atoms with E-state index in [0.717, 1.165) is 4.90 Å². The molecule has 1 saturated heterocycles. The lowest BCUT2D eigenvalue weighted by atomic mass is 10.0. The first-order chi connectivity index (χ1) is 25.3. The molecule has 3 fully saturated rings. The second-order valence-electron chi connectivity index (χ2n) is 15.6. The SMILES string of the molecule is C/C=C(\C)C(=O)CC[C@H](NC(=O)OC(C)(C)C)C(=O)N1CC(OC(=O)N2Cc3cccc(F)c3C2)C[C@H]1C(=O)N[C@]1(C(=O)NS(=O)(=O)C2CC2)C[C@H]1CC. The maximum atomic E-state index is 14.4. The van der Waals surface area contributed by atoms with Crippen LogP contribution in [0.25, 0.3) is 0 Å². The van der Waals surface area contributed by atoms with Crippen LogP contribution in [0.1, 0.15) is 97.6 Å². The van der Waals surface area contributed by atoms with Crippen LogP contribution >= 0.6 is 0 Å². The molecule has 2 saturated carbocycles. The summed E-state index contributed by atoms with van der Waals surface area (Å²) in [6.45, 7) is 9.78. The summed E-state index contributed by atoms with van der Waals surface area (Å²) in [6.07, 6.45) is -0.170. The number of nitrogens with zero attached hydrogens (tertiary/aromatic N) is 2. The van der Waals surface area contributed by atoms with Gasteiger partial charge in [-0.15, -0.1) is 0 Å².